The van der Waals surface area contributed by atoms with Gasteiger partial charge in [-0.05, 0) is 43.8 Å². The Morgan fingerprint density at radius 1 is 1.15 bits per heavy atom. The van der Waals surface area contributed by atoms with Crippen molar-refractivity contribution in [2.75, 3.05) is 39.8 Å². The molecule has 9 heteroatoms. The number of hydrogen-bond acceptors (Lipinski definition) is 5. The number of hydrogen-bond donors (Lipinski definition) is 0. The minimum Gasteiger partial charge on any atom is -0.339 e. The van der Waals surface area contributed by atoms with Crippen LogP contribution in [-0.4, -0.2) is 75.1 Å². The van der Waals surface area contributed by atoms with Gasteiger partial charge in [0.05, 0.1) is 12.2 Å². The number of nitrogens with zero attached hydrogens (tertiary/aromatic N) is 6. The summed E-state index contributed by atoms with van der Waals surface area (Å²) in [6, 6.07) is 12.9. The van der Waals surface area contributed by atoms with Crippen molar-refractivity contribution in [3.05, 3.63) is 77.1 Å². The van der Waals surface area contributed by atoms with Gasteiger partial charge in [0, 0.05) is 49.4 Å². The molecule has 7 nitrogen and oxygen atoms in total. The number of carbonyl (C=O) groups is 1. The van der Waals surface area contributed by atoms with Gasteiger partial charge in [-0.25, -0.2) is 14.1 Å². The Labute approximate surface area is 198 Å². The van der Waals surface area contributed by atoms with Crippen LogP contribution in [0.15, 0.2) is 55.1 Å². The smallest absolute Gasteiger partial charge is 0.236 e. The summed E-state index contributed by atoms with van der Waals surface area (Å²) in [6.45, 7) is 5.52. The van der Waals surface area contributed by atoms with E-state index in [1.165, 1.54) is 12.4 Å². The highest BCUT2D eigenvalue weighted by molar-refractivity contribution is 6.31. The molecule has 174 valence electrons. The van der Waals surface area contributed by atoms with Crippen molar-refractivity contribution in [1.29, 1.82) is 0 Å². The summed E-state index contributed by atoms with van der Waals surface area (Å²) < 4.78 is 15.8. The van der Waals surface area contributed by atoms with Gasteiger partial charge >= 0.3 is 0 Å². The van der Waals surface area contributed by atoms with Crippen LogP contribution in [0.3, 0.4) is 0 Å². The summed E-state index contributed by atoms with van der Waals surface area (Å²) >= 11 is 6.16. The van der Waals surface area contributed by atoms with Crippen LogP contribution in [0.2, 0.25) is 5.02 Å². The van der Waals surface area contributed by atoms with Crippen LogP contribution >= 0.6 is 11.6 Å². The molecular formula is C24H28ClFN6O. The molecule has 0 aliphatic carbocycles. The molecule has 1 fully saturated rings. The largest absolute Gasteiger partial charge is 0.339 e. The van der Waals surface area contributed by atoms with Crippen molar-refractivity contribution < 1.29 is 9.18 Å². The van der Waals surface area contributed by atoms with Gasteiger partial charge in [-0.2, -0.15) is 5.10 Å². The van der Waals surface area contributed by atoms with E-state index in [2.05, 4.69) is 38.9 Å². The molecule has 0 spiro atoms. The fourth-order valence-corrected chi connectivity index (χ4v) is 4.24. The summed E-state index contributed by atoms with van der Waals surface area (Å²) in [4.78, 5) is 22.9. The molecule has 1 saturated heterocycles. The van der Waals surface area contributed by atoms with Crippen molar-refractivity contribution >= 4 is 17.5 Å². The van der Waals surface area contributed by atoms with Crippen LogP contribution in [0.5, 0.6) is 0 Å². The zero-order chi connectivity index (χ0) is 23.4. The molecule has 1 aromatic heterocycles. The Hall–Kier alpha value is -2.81. The lowest BCUT2D eigenvalue weighted by Crippen LogP contribution is -2.50. The molecule has 33 heavy (non-hydrogen) atoms. The molecule has 0 radical (unpaired) electrons. The molecule has 0 saturated carbocycles. The van der Waals surface area contributed by atoms with Gasteiger partial charge in [-0.1, -0.05) is 29.8 Å². The number of rotatable bonds is 7. The first-order valence-corrected chi connectivity index (χ1v) is 11.4. The van der Waals surface area contributed by atoms with E-state index in [9.17, 15) is 9.18 Å². The van der Waals surface area contributed by atoms with Crippen LogP contribution in [-0.2, 0) is 11.3 Å². The number of amides is 1. The fraction of sp³-hybridized carbons (Fsp3) is 0.375. The highest BCUT2D eigenvalue weighted by Gasteiger charge is 2.24. The second-order valence-electron chi connectivity index (χ2n) is 8.38. The molecule has 2 heterocycles. The van der Waals surface area contributed by atoms with Crippen molar-refractivity contribution in [3.8, 4) is 5.69 Å². The molecule has 0 bridgehead atoms. The molecule has 1 aliphatic rings. The van der Waals surface area contributed by atoms with E-state index in [0.717, 1.165) is 11.3 Å². The van der Waals surface area contributed by atoms with Crippen LogP contribution in [0.25, 0.3) is 5.69 Å². The summed E-state index contributed by atoms with van der Waals surface area (Å²) in [5.74, 6) is -0.182. The maximum absolute atomic E-state index is 14.1. The van der Waals surface area contributed by atoms with E-state index < -0.39 is 0 Å². The lowest BCUT2D eigenvalue weighted by atomic mass is 10.1. The maximum Gasteiger partial charge on any atom is 0.236 e. The number of piperazine rings is 1. The summed E-state index contributed by atoms with van der Waals surface area (Å²) in [6.07, 6.45) is 3.17. The van der Waals surface area contributed by atoms with Gasteiger partial charge in [-0.3, -0.25) is 14.6 Å². The van der Waals surface area contributed by atoms with Gasteiger partial charge in [0.15, 0.2) is 0 Å². The monoisotopic (exact) mass is 470 g/mol. The molecule has 3 aromatic rings. The van der Waals surface area contributed by atoms with E-state index >= 15 is 0 Å². The summed E-state index contributed by atoms with van der Waals surface area (Å²) in [5, 5.41) is 4.58. The Morgan fingerprint density at radius 3 is 2.52 bits per heavy atom. The second-order valence-corrected chi connectivity index (χ2v) is 8.79. The molecule has 1 amide bonds. The average molecular weight is 471 g/mol. The second kappa shape index (κ2) is 10.4. The van der Waals surface area contributed by atoms with Crippen molar-refractivity contribution in [2.24, 2.45) is 0 Å². The Bertz CT molecular complexity index is 1050. The predicted molar refractivity (Wildman–Crippen MR) is 126 cm³/mol. The number of carbonyl (C=O) groups excluding carboxylic acids is 1. The first-order valence-electron chi connectivity index (χ1n) is 11.0. The SMILES string of the molecule is CC(c1ccc(-n2cncn2)cc1)N(C)CC(=O)N1CCN(Cc2c(F)cccc2Cl)CC1. The topological polar surface area (TPSA) is 57.5 Å². The highest BCUT2D eigenvalue weighted by Crippen LogP contribution is 2.22. The van der Waals surface area contributed by atoms with Gasteiger partial charge in [0.1, 0.15) is 18.5 Å². The summed E-state index contributed by atoms with van der Waals surface area (Å²) in [7, 11) is 1.96. The highest BCUT2D eigenvalue weighted by atomic mass is 35.5. The van der Waals surface area contributed by atoms with Crippen LogP contribution in [0.4, 0.5) is 4.39 Å². The number of benzene rings is 2. The van der Waals surface area contributed by atoms with Gasteiger partial charge in [-0.15, -0.1) is 0 Å². The maximum atomic E-state index is 14.1. The van der Waals surface area contributed by atoms with Gasteiger partial charge in [0.25, 0.3) is 0 Å². The van der Waals surface area contributed by atoms with E-state index in [4.69, 9.17) is 11.6 Å². The van der Waals surface area contributed by atoms with Gasteiger partial charge < -0.3 is 4.90 Å². The molecule has 0 N–H and O–H groups in total. The normalized spacial score (nSPS) is 15.7. The first kappa shape index (κ1) is 23.4. The van der Waals surface area contributed by atoms with E-state index in [-0.39, 0.29) is 17.8 Å². The van der Waals surface area contributed by atoms with E-state index in [1.807, 2.05) is 24.1 Å². The standard InChI is InChI=1S/C24H28ClFN6O/c1-18(19-6-8-20(9-7-19)32-17-27-16-28-32)29(2)15-24(33)31-12-10-30(11-13-31)14-21-22(25)4-3-5-23(21)26/h3-9,16-18H,10-15H2,1-2H3. The molecule has 1 unspecified atom stereocenters. The van der Waals surface area contributed by atoms with Crippen molar-refractivity contribution in [2.45, 2.75) is 19.5 Å². The van der Waals surface area contributed by atoms with Gasteiger partial charge in [0.2, 0.25) is 5.91 Å². The van der Waals surface area contributed by atoms with Crippen LogP contribution in [0.1, 0.15) is 24.1 Å². The minimum absolute atomic E-state index is 0.0863. The molecule has 1 atom stereocenters. The lowest BCUT2D eigenvalue weighted by Gasteiger charge is -2.36. The number of aromatic nitrogens is 3. The third-order valence-electron chi connectivity index (χ3n) is 6.27. The Kier molecular flexibility index (Phi) is 7.37. The lowest BCUT2D eigenvalue weighted by molar-refractivity contribution is -0.134. The van der Waals surface area contributed by atoms with E-state index in [0.29, 0.717) is 49.9 Å². The first-order chi connectivity index (χ1) is 15.9. The fourth-order valence-electron chi connectivity index (χ4n) is 4.01. The quantitative estimate of drug-likeness (QED) is 0.529. The predicted octanol–water partition coefficient (Wildman–Crippen LogP) is 3.40. The summed E-state index contributed by atoms with van der Waals surface area (Å²) in [5.41, 5.74) is 2.58. The van der Waals surface area contributed by atoms with E-state index in [1.54, 1.807) is 23.1 Å². The molecule has 1 aliphatic heterocycles. The third kappa shape index (κ3) is 5.58. The zero-order valence-corrected chi connectivity index (χ0v) is 19.6. The Balaban J connectivity index is 1.28. The Morgan fingerprint density at radius 2 is 1.88 bits per heavy atom. The molecular weight excluding hydrogens is 443 g/mol. The van der Waals surface area contributed by atoms with Crippen molar-refractivity contribution in [3.63, 3.8) is 0 Å². The molecule has 2 aromatic carbocycles. The molecule has 4 rings (SSSR count). The van der Waals surface area contributed by atoms with Crippen molar-refractivity contribution in [1.82, 2.24) is 29.5 Å². The average Bonchev–Trinajstić information content (AvgIpc) is 3.36. The van der Waals surface area contributed by atoms with Crippen LogP contribution in [0, 0.1) is 5.82 Å². The number of halogens is 2. The van der Waals surface area contributed by atoms with Crippen LogP contribution < -0.4 is 0 Å². The number of likely N-dealkylation sites (N-methyl/N-ethyl adjacent to an activating group) is 1. The zero-order valence-electron chi connectivity index (χ0n) is 18.9. The minimum atomic E-state index is -0.286. The third-order valence-corrected chi connectivity index (χ3v) is 6.63.